The van der Waals surface area contributed by atoms with E-state index in [1.165, 1.54) is 16.0 Å². The molecule has 0 N–H and O–H groups in total. The lowest BCUT2D eigenvalue weighted by molar-refractivity contribution is 1.01. The average Bonchev–Trinajstić information content (AvgIpc) is 2.51. The Balaban J connectivity index is 2.45. The minimum absolute atomic E-state index is 1.26. The largest absolute Gasteiger partial charge is 0.289 e. The summed E-state index contributed by atoms with van der Waals surface area (Å²) >= 11 is 1.97. The highest BCUT2D eigenvalue weighted by atomic mass is 32.2. The minimum atomic E-state index is -1.42. The van der Waals surface area contributed by atoms with Crippen molar-refractivity contribution < 1.29 is 0 Å². The Morgan fingerprint density at radius 1 is 0.750 bits per heavy atom. The molecule has 0 heterocycles. The van der Waals surface area contributed by atoms with Gasteiger partial charge in [0.15, 0.2) is 0 Å². The van der Waals surface area contributed by atoms with Gasteiger partial charge in [0.2, 0.25) is 0 Å². The Morgan fingerprint density at radius 3 is 1.67 bits per heavy atom. The van der Waals surface area contributed by atoms with E-state index in [4.69, 9.17) is 0 Å². The van der Waals surface area contributed by atoms with E-state index in [1.807, 2.05) is 11.9 Å². The second kappa shape index (κ2) is 7.87. The summed E-state index contributed by atoms with van der Waals surface area (Å²) < 4.78 is 2.77. The maximum absolute atomic E-state index is 2.77. The van der Waals surface area contributed by atoms with Crippen LogP contribution in [0.5, 0.6) is 0 Å². The van der Waals surface area contributed by atoms with E-state index in [9.17, 15) is 0 Å². The van der Waals surface area contributed by atoms with Crippen molar-refractivity contribution >= 4 is 39.4 Å². The number of hydrogen-bond acceptors (Lipinski definition) is 2. The molecule has 0 unspecified atom stereocenters. The van der Waals surface area contributed by atoms with Crippen LogP contribution in [-0.2, 0) is 0 Å². The summed E-state index contributed by atoms with van der Waals surface area (Å²) in [5.41, 5.74) is 2.56. The Bertz CT molecular complexity index is 656. The van der Waals surface area contributed by atoms with Gasteiger partial charge in [-0.15, -0.1) is 0 Å². The van der Waals surface area contributed by atoms with Crippen LogP contribution in [0.25, 0.3) is 11.0 Å². The van der Waals surface area contributed by atoms with Crippen LogP contribution in [-0.4, -0.2) is 20.1 Å². The fourth-order valence-corrected chi connectivity index (χ4v) is 14.3. The van der Waals surface area contributed by atoms with Crippen LogP contribution in [0.3, 0.4) is 0 Å². The molecular formula is C20H29NSSi2. The van der Waals surface area contributed by atoms with Gasteiger partial charge in [0, 0.05) is 4.91 Å². The lowest BCUT2D eigenvalue weighted by atomic mass is 10.1. The van der Waals surface area contributed by atoms with Crippen molar-refractivity contribution in [2.45, 2.75) is 39.3 Å². The van der Waals surface area contributed by atoms with Crippen molar-refractivity contribution in [1.82, 2.24) is 3.64 Å². The van der Waals surface area contributed by atoms with Crippen LogP contribution < -0.4 is 0 Å². The summed E-state index contributed by atoms with van der Waals surface area (Å²) in [6, 6.07) is 21.4. The van der Waals surface area contributed by atoms with Gasteiger partial charge in [0.25, 0.3) is 0 Å². The molecule has 0 amide bonds. The quantitative estimate of drug-likeness (QED) is 0.312. The molecule has 0 spiro atoms. The van der Waals surface area contributed by atoms with E-state index >= 15 is 0 Å². The summed E-state index contributed by atoms with van der Waals surface area (Å²) in [6.45, 7) is 14.7. The molecule has 2 aromatic rings. The Hall–Kier alpha value is -1.08. The normalized spacial score (nSPS) is 13.4. The Labute approximate surface area is 154 Å². The van der Waals surface area contributed by atoms with E-state index in [1.54, 1.807) is 0 Å². The maximum Gasteiger partial charge on any atom is 0.123 e. The minimum Gasteiger partial charge on any atom is -0.289 e. The third kappa shape index (κ3) is 5.48. The molecule has 128 valence electrons. The third-order valence-electron chi connectivity index (χ3n) is 3.56. The molecular weight excluding hydrogens is 342 g/mol. The first kappa shape index (κ1) is 19.3. The molecule has 1 nitrogen and oxygen atoms in total. The predicted molar refractivity (Wildman–Crippen MR) is 117 cm³/mol. The van der Waals surface area contributed by atoms with Crippen molar-refractivity contribution in [2.75, 3.05) is 0 Å². The van der Waals surface area contributed by atoms with Gasteiger partial charge in [-0.2, -0.15) is 0 Å². The summed E-state index contributed by atoms with van der Waals surface area (Å²) in [4.78, 5) is 1.34. The van der Waals surface area contributed by atoms with Crippen molar-refractivity contribution in [3.63, 3.8) is 0 Å². The molecule has 24 heavy (non-hydrogen) atoms. The van der Waals surface area contributed by atoms with Crippen LogP contribution in [0.1, 0.15) is 11.1 Å². The van der Waals surface area contributed by atoms with Gasteiger partial charge in [0.1, 0.15) is 16.5 Å². The summed E-state index contributed by atoms with van der Waals surface area (Å²) in [5.74, 6) is 0. The molecule has 0 aliphatic rings. The first-order valence-electron chi connectivity index (χ1n) is 8.48. The van der Waals surface area contributed by atoms with Crippen LogP contribution in [0.2, 0.25) is 39.3 Å². The second-order valence-corrected chi connectivity index (χ2v) is 19.7. The molecule has 0 atom stereocenters. The van der Waals surface area contributed by atoms with E-state index < -0.39 is 16.5 Å². The highest BCUT2D eigenvalue weighted by molar-refractivity contribution is 8.08. The molecule has 0 bridgehead atoms. The third-order valence-corrected chi connectivity index (χ3v) is 14.6. The first-order valence-corrected chi connectivity index (χ1v) is 16.2. The van der Waals surface area contributed by atoms with Crippen LogP contribution >= 0.6 is 11.9 Å². The van der Waals surface area contributed by atoms with E-state index in [0.717, 1.165) is 0 Å². The SMILES string of the molecule is C[Si](C)(C)N(S/C(=C\c1ccccc1)c1ccccc1)[Si](C)(C)C. The van der Waals surface area contributed by atoms with Gasteiger partial charge in [-0.05, 0) is 17.2 Å². The molecule has 0 aliphatic heterocycles. The summed E-state index contributed by atoms with van der Waals surface area (Å²) in [5, 5.41) is 0. The van der Waals surface area contributed by atoms with Gasteiger partial charge < -0.3 is 0 Å². The summed E-state index contributed by atoms with van der Waals surface area (Å²) in [6.07, 6.45) is 2.33. The molecule has 0 fully saturated rings. The number of hydrogen-bond donors (Lipinski definition) is 0. The average molecular weight is 372 g/mol. The van der Waals surface area contributed by atoms with Crippen LogP contribution in [0.15, 0.2) is 60.7 Å². The van der Waals surface area contributed by atoms with Gasteiger partial charge >= 0.3 is 0 Å². The molecule has 2 rings (SSSR count). The fourth-order valence-electron chi connectivity index (χ4n) is 2.84. The molecule has 0 aromatic heterocycles. The Morgan fingerprint density at radius 2 is 1.21 bits per heavy atom. The molecule has 0 radical (unpaired) electrons. The lowest BCUT2D eigenvalue weighted by Crippen LogP contribution is -2.54. The molecule has 0 saturated carbocycles. The second-order valence-electron chi connectivity index (χ2n) is 8.01. The van der Waals surface area contributed by atoms with Crippen LogP contribution in [0.4, 0.5) is 0 Å². The predicted octanol–water partition coefficient (Wildman–Crippen LogP) is 6.80. The number of rotatable bonds is 6. The standard InChI is InChI=1S/C20H29NSSi2/c1-23(2,3)21(24(4,5)6)22-20(19-15-11-8-12-16-19)17-18-13-9-7-10-14-18/h7-17H,1-6H3/b20-17-. The van der Waals surface area contributed by atoms with Crippen molar-refractivity contribution in [3.05, 3.63) is 71.8 Å². The number of nitrogens with zero attached hydrogens (tertiary/aromatic N) is 1. The zero-order chi connectivity index (χ0) is 17.8. The van der Waals surface area contributed by atoms with Gasteiger partial charge in [-0.1, -0.05) is 112 Å². The highest BCUT2D eigenvalue weighted by Crippen LogP contribution is 2.39. The van der Waals surface area contributed by atoms with Crippen molar-refractivity contribution in [2.24, 2.45) is 0 Å². The maximum atomic E-state index is 2.77. The molecule has 2 aromatic carbocycles. The monoisotopic (exact) mass is 371 g/mol. The zero-order valence-corrected chi connectivity index (χ0v) is 18.5. The van der Waals surface area contributed by atoms with Crippen LogP contribution in [0, 0.1) is 0 Å². The summed E-state index contributed by atoms with van der Waals surface area (Å²) in [7, 11) is -2.84. The Kier molecular flexibility index (Phi) is 6.31. The topological polar surface area (TPSA) is 3.24 Å². The van der Waals surface area contributed by atoms with E-state index in [-0.39, 0.29) is 0 Å². The van der Waals surface area contributed by atoms with E-state index in [0.29, 0.717) is 0 Å². The fraction of sp³-hybridized carbons (Fsp3) is 0.300. The molecule has 4 heteroatoms. The lowest BCUT2D eigenvalue weighted by Gasteiger charge is -2.42. The number of benzene rings is 2. The smallest absolute Gasteiger partial charge is 0.123 e. The van der Waals surface area contributed by atoms with Gasteiger partial charge in [0.05, 0.1) is 0 Å². The highest BCUT2D eigenvalue weighted by Gasteiger charge is 2.36. The zero-order valence-electron chi connectivity index (χ0n) is 15.7. The van der Waals surface area contributed by atoms with Crippen molar-refractivity contribution in [3.8, 4) is 0 Å². The van der Waals surface area contributed by atoms with E-state index in [2.05, 4.69) is 110 Å². The first-order chi connectivity index (χ1) is 11.2. The molecule has 0 aliphatic carbocycles. The molecule has 0 saturated heterocycles. The van der Waals surface area contributed by atoms with Gasteiger partial charge in [-0.25, -0.2) is 0 Å². The van der Waals surface area contributed by atoms with Crippen molar-refractivity contribution in [1.29, 1.82) is 0 Å². The van der Waals surface area contributed by atoms with Gasteiger partial charge in [-0.3, -0.25) is 3.64 Å².